The first-order valence-electron chi connectivity index (χ1n) is 11.6. The van der Waals surface area contributed by atoms with Gasteiger partial charge in [-0.2, -0.15) is 4.39 Å². The van der Waals surface area contributed by atoms with Gasteiger partial charge in [0.25, 0.3) is 0 Å². The number of aliphatic hydroxyl groups is 1. The van der Waals surface area contributed by atoms with Gasteiger partial charge in [-0.3, -0.25) is 9.59 Å². The van der Waals surface area contributed by atoms with Gasteiger partial charge in [-0.15, -0.1) is 0 Å². The first kappa shape index (κ1) is 28.1. The molecule has 4 atom stereocenters. The molecule has 12 heteroatoms. The average Bonchev–Trinajstić information content (AvgIpc) is 3.41. The van der Waals surface area contributed by atoms with Crippen LogP contribution in [0.15, 0.2) is 41.0 Å². The summed E-state index contributed by atoms with van der Waals surface area (Å²) in [5.41, 5.74) is -2.74. The number of hydrogen-bond donors (Lipinski definition) is 4. The van der Waals surface area contributed by atoms with E-state index in [1.165, 1.54) is 18.6 Å². The van der Waals surface area contributed by atoms with E-state index in [9.17, 15) is 23.2 Å². The zero-order valence-electron chi connectivity index (χ0n) is 20.0. The van der Waals surface area contributed by atoms with E-state index in [0.717, 1.165) is 24.7 Å². The number of halogens is 2. The summed E-state index contributed by atoms with van der Waals surface area (Å²) >= 11 is 0. The van der Waals surface area contributed by atoms with Crippen molar-refractivity contribution >= 4 is 17.9 Å². The monoisotopic (exact) mass is 525 g/mol. The largest absolute Gasteiger partial charge is 0.490 e. The average molecular weight is 526 g/mol. The molecular weight excluding hydrogens is 496 g/mol. The van der Waals surface area contributed by atoms with E-state index in [4.69, 9.17) is 29.6 Å². The van der Waals surface area contributed by atoms with Crippen molar-refractivity contribution in [2.24, 2.45) is 5.92 Å². The second-order valence-electron chi connectivity index (χ2n) is 9.33. The van der Waals surface area contributed by atoms with E-state index in [1.54, 1.807) is 6.26 Å². The van der Waals surface area contributed by atoms with E-state index in [0.29, 0.717) is 18.7 Å². The molecule has 37 heavy (non-hydrogen) atoms. The van der Waals surface area contributed by atoms with Gasteiger partial charge in [0.15, 0.2) is 17.2 Å². The Hall–Kier alpha value is -3.51. The number of hydrogen-bond acceptors (Lipinski definition) is 7. The highest BCUT2D eigenvalue weighted by molar-refractivity contribution is 5.88. The molecule has 2 aliphatic rings. The third-order valence-corrected chi connectivity index (χ3v) is 6.97. The summed E-state index contributed by atoms with van der Waals surface area (Å²) in [6.07, 6.45) is 2.70. The van der Waals surface area contributed by atoms with Gasteiger partial charge in [-0.1, -0.05) is 6.07 Å². The van der Waals surface area contributed by atoms with Gasteiger partial charge < -0.3 is 34.5 Å². The van der Waals surface area contributed by atoms with Gasteiger partial charge in [0, 0.05) is 23.9 Å². The molecule has 0 amide bonds. The Balaban J connectivity index is 0.000000251. The standard InChI is InChI=1S/C19H21F2NO2.C6H8O7/c1-22-12-7-8-16(22)14(13(10-12)17-6-3-9-23-17)11-24-18-5-2-4-15(20)19(18)21;7-3(8)1-6(13,5(11)12)2-4(9)10/h2-6,9,12-14,16H,7-8,10-11H2,1H3;13H,1-2H2,(H,7,8)(H,9,10)(H,11,12)/t12?,13-,14+,16?;/m0./s1. The van der Waals surface area contributed by atoms with Crippen molar-refractivity contribution in [2.45, 2.75) is 55.7 Å². The van der Waals surface area contributed by atoms with Crippen LogP contribution in [0.5, 0.6) is 5.75 Å². The molecule has 10 nitrogen and oxygen atoms in total. The third-order valence-electron chi connectivity index (χ3n) is 6.97. The van der Waals surface area contributed by atoms with Gasteiger partial charge in [-0.05, 0) is 50.6 Å². The smallest absolute Gasteiger partial charge is 0.336 e. The minimum absolute atomic E-state index is 0.0176. The van der Waals surface area contributed by atoms with Crippen LogP contribution >= 0.6 is 0 Å². The normalized spacial score (nSPS) is 23.1. The Kier molecular flexibility index (Phi) is 8.87. The van der Waals surface area contributed by atoms with Crippen LogP contribution in [0.2, 0.25) is 0 Å². The van der Waals surface area contributed by atoms with Crippen LogP contribution in [-0.4, -0.2) is 74.6 Å². The Morgan fingerprint density at radius 3 is 2.32 bits per heavy atom. The van der Waals surface area contributed by atoms with Crippen molar-refractivity contribution in [3.8, 4) is 5.75 Å². The van der Waals surface area contributed by atoms with Crippen molar-refractivity contribution < 1.29 is 52.7 Å². The van der Waals surface area contributed by atoms with Crippen molar-refractivity contribution in [2.75, 3.05) is 13.7 Å². The van der Waals surface area contributed by atoms with Crippen LogP contribution in [0.4, 0.5) is 8.78 Å². The highest BCUT2D eigenvalue weighted by Crippen LogP contribution is 2.46. The Bertz CT molecular complexity index is 1090. The topological polar surface area (TPSA) is 158 Å². The minimum Gasteiger partial charge on any atom is -0.490 e. The molecule has 4 rings (SSSR count). The fraction of sp³-hybridized carbons (Fsp3) is 0.480. The number of furan rings is 1. The van der Waals surface area contributed by atoms with Crippen LogP contribution in [0.25, 0.3) is 0 Å². The number of carbonyl (C=O) groups is 3. The lowest BCUT2D eigenvalue weighted by molar-refractivity contribution is -0.170. The van der Waals surface area contributed by atoms with Gasteiger partial charge in [0.1, 0.15) is 5.76 Å². The molecule has 1 aromatic carbocycles. The fourth-order valence-electron chi connectivity index (χ4n) is 5.13. The number of rotatable bonds is 9. The summed E-state index contributed by atoms with van der Waals surface area (Å²) in [6, 6.07) is 8.90. The summed E-state index contributed by atoms with van der Waals surface area (Å²) in [5.74, 6) is -5.41. The molecule has 2 saturated heterocycles. The second-order valence-corrected chi connectivity index (χ2v) is 9.33. The van der Waals surface area contributed by atoms with Crippen LogP contribution < -0.4 is 4.74 Å². The summed E-state index contributed by atoms with van der Waals surface area (Å²) < 4.78 is 38.6. The van der Waals surface area contributed by atoms with Gasteiger partial charge in [-0.25, -0.2) is 9.18 Å². The molecule has 0 spiro atoms. The summed E-state index contributed by atoms with van der Waals surface area (Å²) in [5, 5.41) is 33.8. The second kappa shape index (κ2) is 11.7. The molecule has 2 unspecified atom stereocenters. The predicted octanol–water partition coefficient (Wildman–Crippen LogP) is 2.95. The van der Waals surface area contributed by atoms with E-state index in [1.807, 2.05) is 12.1 Å². The van der Waals surface area contributed by atoms with Crippen LogP contribution in [-0.2, 0) is 14.4 Å². The van der Waals surface area contributed by atoms with Crippen molar-refractivity contribution in [3.05, 3.63) is 54.0 Å². The highest BCUT2D eigenvalue weighted by Gasteiger charge is 2.47. The molecule has 2 fully saturated rings. The van der Waals surface area contributed by atoms with E-state index in [2.05, 4.69) is 11.9 Å². The lowest BCUT2D eigenvalue weighted by Gasteiger charge is -2.42. The maximum absolute atomic E-state index is 13.9. The molecule has 0 saturated carbocycles. The zero-order chi connectivity index (χ0) is 27.3. The zero-order valence-corrected chi connectivity index (χ0v) is 20.0. The number of piperidine rings is 1. The minimum atomic E-state index is -2.74. The van der Waals surface area contributed by atoms with E-state index in [-0.39, 0.29) is 17.6 Å². The number of fused-ring (bicyclic) bond motifs is 2. The quantitative estimate of drug-likeness (QED) is 0.384. The van der Waals surface area contributed by atoms with Crippen LogP contribution in [0.1, 0.15) is 43.8 Å². The maximum atomic E-state index is 13.9. The van der Waals surface area contributed by atoms with Gasteiger partial charge in [0.05, 0.1) is 25.7 Å². The van der Waals surface area contributed by atoms with Crippen LogP contribution in [0.3, 0.4) is 0 Å². The maximum Gasteiger partial charge on any atom is 0.336 e. The lowest BCUT2D eigenvalue weighted by atomic mass is 9.79. The highest BCUT2D eigenvalue weighted by atomic mass is 19.2. The SMILES string of the molecule is CN1C2CCC1[C@H](COc1cccc(F)c1F)[C@@H](c1ccco1)C2.O=C(O)CC(O)(CC(=O)O)C(=O)O. The Labute approximate surface area is 211 Å². The number of benzene rings is 1. The molecular formula is C25H29F2NO9. The van der Waals surface area contributed by atoms with Gasteiger partial charge >= 0.3 is 17.9 Å². The van der Waals surface area contributed by atoms with Crippen molar-refractivity contribution in [1.82, 2.24) is 4.90 Å². The van der Waals surface area contributed by atoms with Crippen LogP contribution in [0, 0.1) is 17.6 Å². The summed E-state index contributed by atoms with van der Waals surface area (Å²) in [4.78, 5) is 32.9. The summed E-state index contributed by atoms with van der Waals surface area (Å²) in [6.45, 7) is 0.355. The molecule has 202 valence electrons. The number of ether oxygens (including phenoxy) is 1. The molecule has 2 bridgehead atoms. The lowest BCUT2D eigenvalue weighted by Crippen LogP contribution is -2.47. The molecule has 3 heterocycles. The molecule has 4 N–H and O–H groups in total. The molecule has 2 aromatic rings. The Morgan fingerprint density at radius 2 is 1.76 bits per heavy atom. The first-order chi connectivity index (χ1) is 17.4. The third kappa shape index (κ3) is 6.63. The molecule has 2 aliphatic heterocycles. The molecule has 1 aromatic heterocycles. The predicted molar refractivity (Wildman–Crippen MR) is 123 cm³/mol. The van der Waals surface area contributed by atoms with E-state index >= 15 is 0 Å². The molecule has 0 radical (unpaired) electrons. The summed E-state index contributed by atoms with van der Waals surface area (Å²) in [7, 11) is 2.15. The fourth-order valence-corrected chi connectivity index (χ4v) is 5.13. The number of carboxylic acids is 3. The van der Waals surface area contributed by atoms with Gasteiger partial charge in [0.2, 0.25) is 5.82 Å². The number of carboxylic acid groups (broad SMARTS) is 3. The number of aliphatic carboxylic acids is 3. The van der Waals surface area contributed by atoms with Crippen molar-refractivity contribution in [3.63, 3.8) is 0 Å². The van der Waals surface area contributed by atoms with Crippen molar-refractivity contribution in [1.29, 1.82) is 0 Å². The van der Waals surface area contributed by atoms with E-state index < -0.39 is 48.0 Å². The Morgan fingerprint density at radius 1 is 1.08 bits per heavy atom. The number of nitrogens with zero attached hydrogens (tertiary/aromatic N) is 1. The molecule has 0 aliphatic carbocycles. The first-order valence-corrected chi connectivity index (χ1v) is 11.6.